The lowest BCUT2D eigenvalue weighted by Crippen LogP contribution is -2.41. The Balaban J connectivity index is 2.33. The molecule has 25 heavy (non-hydrogen) atoms. The molecule has 1 aromatic rings. The van der Waals surface area contributed by atoms with Crippen LogP contribution >= 0.6 is 0 Å². The molecule has 0 spiro atoms. The second kappa shape index (κ2) is 6.64. The quantitative estimate of drug-likeness (QED) is 0.654. The van der Waals surface area contributed by atoms with Crippen LogP contribution in [0.1, 0.15) is 55.2 Å². The molecule has 1 aromatic heterocycles. The Hall–Kier alpha value is -2.13. The van der Waals surface area contributed by atoms with Gasteiger partial charge in [0.05, 0.1) is 24.3 Å². The van der Waals surface area contributed by atoms with E-state index < -0.39 is 47.0 Å². The van der Waals surface area contributed by atoms with Gasteiger partial charge in [0.25, 0.3) is 0 Å². The van der Waals surface area contributed by atoms with Crippen LogP contribution in [0.25, 0.3) is 0 Å². The van der Waals surface area contributed by atoms with E-state index >= 15 is 0 Å². The maximum absolute atomic E-state index is 14.6. The fraction of sp³-hybridized carbons (Fsp3) is 0.667. The molecule has 0 aliphatic heterocycles. The standard InChI is InChI=1S/C15H18F4N2O4/c1-3-25-13(24)14(2)5-4-10(9(16)6-14)21-11(15(17,18)19)8(7-20-21)12(22)23/h7,9-10H,3-6H2,1-2H3,(H,22,23)/t9-,10+,14+/m0/s1. The molecular formula is C15H18F4N2O4. The highest BCUT2D eigenvalue weighted by Crippen LogP contribution is 2.45. The highest BCUT2D eigenvalue weighted by molar-refractivity contribution is 5.88. The summed E-state index contributed by atoms with van der Waals surface area (Å²) in [7, 11) is 0. The molecule has 1 fully saturated rings. The van der Waals surface area contributed by atoms with E-state index in [2.05, 4.69) is 5.10 Å². The second-order valence-corrected chi connectivity index (χ2v) is 6.26. The Morgan fingerprint density at radius 1 is 1.48 bits per heavy atom. The molecule has 10 heteroatoms. The van der Waals surface area contributed by atoms with Crippen molar-refractivity contribution in [1.29, 1.82) is 0 Å². The minimum atomic E-state index is -4.99. The molecule has 0 bridgehead atoms. The van der Waals surface area contributed by atoms with Gasteiger partial charge >= 0.3 is 18.1 Å². The van der Waals surface area contributed by atoms with Crippen LogP contribution in [0.2, 0.25) is 0 Å². The van der Waals surface area contributed by atoms with Crippen molar-refractivity contribution in [2.24, 2.45) is 5.41 Å². The molecule has 0 radical (unpaired) electrons. The summed E-state index contributed by atoms with van der Waals surface area (Å²) in [6, 6.07) is -1.30. The minimum Gasteiger partial charge on any atom is -0.478 e. The van der Waals surface area contributed by atoms with E-state index in [1.165, 1.54) is 6.92 Å². The maximum Gasteiger partial charge on any atom is 0.433 e. The van der Waals surface area contributed by atoms with E-state index in [9.17, 15) is 27.2 Å². The van der Waals surface area contributed by atoms with E-state index in [1.54, 1.807) is 6.92 Å². The molecule has 0 aromatic carbocycles. The highest BCUT2D eigenvalue weighted by Gasteiger charge is 2.48. The first-order valence-corrected chi connectivity index (χ1v) is 7.70. The molecule has 1 aliphatic carbocycles. The molecule has 1 saturated carbocycles. The highest BCUT2D eigenvalue weighted by atomic mass is 19.4. The first-order valence-electron chi connectivity index (χ1n) is 7.70. The van der Waals surface area contributed by atoms with Crippen molar-refractivity contribution in [2.75, 3.05) is 6.61 Å². The summed E-state index contributed by atoms with van der Waals surface area (Å²) in [6.07, 6.45) is -6.54. The first-order chi connectivity index (χ1) is 11.5. The fourth-order valence-electron chi connectivity index (χ4n) is 3.13. The third kappa shape index (κ3) is 3.62. The van der Waals surface area contributed by atoms with Gasteiger partial charge in [0.15, 0.2) is 5.69 Å². The van der Waals surface area contributed by atoms with Gasteiger partial charge in [0.2, 0.25) is 0 Å². The zero-order valence-corrected chi connectivity index (χ0v) is 13.6. The minimum absolute atomic E-state index is 0.0969. The van der Waals surface area contributed by atoms with Crippen LogP contribution < -0.4 is 0 Å². The number of halogens is 4. The molecule has 0 saturated heterocycles. The van der Waals surface area contributed by atoms with Crippen LogP contribution in [0.3, 0.4) is 0 Å². The Bertz CT molecular complexity index is 673. The normalized spacial score (nSPS) is 27.1. The number of carboxylic acid groups (broad SMARTS) is 1. The Labute approximate surface area is 140 Å². The summed E-state index contributed by atoms with van der Waals surface area (Å²) in [4.78, 5) is 23.0. The van der Waals surface area contributed by atoms with E-state index in [-0.39, 0.29) is 25.9 Å². The monoisotopic (exact) mass is 366 g/mol. The molecule has 1 heterocycles. The van der Waals surface area contributed by atoms with Crippen LogP contribution in [0.4, 0.5) is 17.6 Å². The molecule has 2 rings (SSSR count). The fourth-order valence-corrected chi connectivity index (χ4v) is 3.13. The number of carboxylic acids is 1. The lowest BCUT2D eigenvalue weighted by molar-refractivity contribution is -0.160. The van der Waals surface area contributed by atoms with E-state index in [4.69, 9.17) is 9.84 Å². The number of ether oxygens (including phenoxy) is 1. The Kier molecular flexibility index (Phi) is 5.10. The van der Waals surface area contributed by atoms with Gasteiger partial charge < -0.3 is 9.84 Å². The molecule has 6 nitrogen and oxygen atoms in total. The average molecular weight is 366 g/mol. The zero-order valence-electron chi connectivity index (χ0n) is 13.6. The summed E-state index contributed by atoms with van der Waals surface area (Å²) in [6.45, 7) is 3.23. The van der Waals surface area contributed by atoms with Gasteiger partial charge in [-0.1, -0.05) is 0 Å². The molecule has 1 aliphatic rings. The van der Waals surface area contributed by atoms with Crippen molar-refractivity contribution < 1.29 is 37.0 Å². The molecule has 0 unspecified atom stereocenters. The first kappa shape index (κ1) is 19.2. The number of alkyl halides is 4. The number of aromatic carboxylic acids is 1. The number of hydrogen-bond donors (Lipinski definition) is 1. The topological polar surface area (TPSA) is 81.4 Å². The average Bonchev–Trinajstić information content (AvgIpc) is 2.92. The van der Waals surface area contributed by atoms with E-state index in [0.717, 1.165) is 0 Å². The van der Waals surface area contributed by atoms with Crippen LogP contribution in [0, 0.1) is 5.41 Å². The molecule has 140 valence electrons. The largest absolute Gasteiger partial charge is 0.478 e. The van der Waals surface area contributed by atoms with Gasteiger partial charge in [-0.15, -0.1) is 0 Å². The van der Waals surface area contributed by atoms with Crippen molar-refractivity contribution in [3.63, 3.8) is 0 Å². The summed E-state index contributed by atoms with van der Waals surface area (Å²) in [5.74, 6) is -2.39. The summed E-state index contributed by atoms with van der Waals surface area (Å²) < 4.78 is 59.6. The number of nitrogens with zero attached hydrogens (tertiary/aromatic N) is 2. The summed E-state index contributed by atoms with van der Waals surface area (Å²) in [5.41, 5.74) is -3.65. The third-order valence-corrected chi connectivity index (χ3v) is 4.43. The number of aromatic nitrogens is 2. The zero-order chi connectivity index (χ0) is 19.0. The molecule has 3 atom stereocenters. The van der Waals surface area contributed by atoms with Gasteiger partial charge in [-0.05, 0) is 33.1 Å². The van der Waals surface area contributed by atoms with Crippen LogP contribution in [-0.2, 0) is 15.7 Å². The van der Waals surface area contributed by atoms with Crippen molar-refractivity contribution in [1.82, 2.24) is 9.78 Å². The number of rotatable bonds is 4. The van der Waals surface area contributed by atoms with Crippen molar-refractivity contribution >= 4 is 11.9 Å². The Morgan fingerprint density at radius 3 is 2.60 bits per heavy atom. The Morgan fingerprint density at radius 2 is 2.12 bits per heavy atom. The van der Waals surface area contributed by atoms with Gasteiger partial charge in [0.1, 0.15) is 11.7 Å². The van der Waals surface area contributed by atoms with Crippen molar-refractivity contribution in [2.45, 2.75) is 51.5 Å². The SMILES string of the molecule is CCOC(=O)[C@]1(C)CC[C@@H](n2ncc(C(=O)O)c2C(F)(F)F)[C@@H](F)C1. The van der Waals surface area contributed by atoms with Gasteiger partial charge in [-0.25, -0.2) is 9.18 Å². The molecule has 0 amide bonds. The lowest BCUT2D eigenvalue weighted by Gasteiger charge is -2.38. The maximum atomic E-state index is 14.6. The predicted octanol–water partition coefficient (Wildman–Crippen LogP) is 3.23. The molecule has 1 N–H and O–H groups in total. The van der Waals surface area contributed by atoms with Crippen LogP contribution in [0.5, 0.6) is 0 Å². The number of esters is 1. The number of carbonyl (C=O) groups excluding carboxylic acids is 1. The van der Waals surface area contributed by atoms with E-state index in [0.29, 0.717) is 10.9 Å². The summed E-state index contributed by atoms with van der Waals surface area (Å²) >= 11 is 0. The second-order valence-electron chi connectivity index (χ2n) is 6.26. The summed E-state index contributed by atoms with van der Waals surface area (Å²) in [5, 5.41) is 12.4. The number of hydrogen-bond acceptors (Lipinski definition) is 4. The van der Waals surface area contributed by atoms with Gasteiger partial charge in [0, 0.05) is 0 Å². The van der Waals surface area contributed by atoms with Gasteiger partial charge in [-0.2, -0.15) is 18.3 Å². The van der Waals surface area contributed by atoms with E-state index in [1.807, 2.05) is 0 Å². The number of carbonyl (C=O) groups is 2. The molecular weight excluding hydrogens is 348 g/mol. The van der Waals surface area contributed by atoms with Crippen LogP contribution in [-0.4, -0.2) is 39.6 Å². The van der Waals surface area contributed by atoms with Crippen molar-refractivity contribution in [3.05, 3.63) is 17.5 Å². The van der Waals surface area contributed by atoms with Crippen molar-refractivity contribution in [3.8, 4) is 0 Å². The van der Waals surface area contributed by atoms with Crippen LogP contribution in [0.15, 0.2) is 6.20 Å². The lowest BCUT2D eigenvalue weighted by atomic mass is 9.73. The smallest absolute Gasteiger partial charge is 0.433 e. The third-order valence-electron chi connectivity index (χ3n) is 4.43. The van der Waals surface area contributed by atoms with Gasteiger partial charge in [-0.3, -0.25) is 9.48 Å². The predicted molar refractivity (Wildman–Crippen MR) is 76.7 cm³/mol.